The van der Waals surface area contributed by atoms with Crippen molar-refractivity contribution in [1.82, 2.24) is 19.6 Å². The molecule has 1 saturated carbocycles. The third-order valence-corrected chi connectivity index (χ3v) is 4.22. The molecule has 0 atom stereocenters. The highest BCUT2D eigenvalue weighted by atomic mass is 16.2. The Morgan fingerprint density at radius 3 is 2.79 bits per heavy atom. The molecule has 1 aromatic carbocycles. The number of carbonyl (C=O) groups is 1. The van der Waals surface area contributed by atoms with Crippen LogP contribution in [-0.4, -0.2) is 25.5 Å². The molecule has 0 spiro atoms. The van der Waals surface area contributed by atoms with Gasteiger partial charge in [0.15, 0.2) is 5.69 Å². The van der Waals surface area contributed by atoms with Gasteiger partial charge in [-0.1, -0.05) is 18.2 Å². The zero-order chi connectivity index (χ0) is 16.5. The molecule has 1 N–H and O–H groups in total. The molecule has 24 heavy (non-hydrogen) atoms. The van der Waals surface area contributed by atoms with Crippen molar-refractivity contribution in [1.29, 1.82) is 0 Å². The lowest BCUT2D eigenvalue weighted by Crippen LogP contribution is -2.17. The maximum atomic E-state index is 12.5. The van der Waals surface area contributed by atoms with Crippen molar-refractivity contribution in [2.75, 3.05) is 5.32 Å². The first kappa shape index (κ1) is 14.7. The first-order valence-corrected chi connectivity index (χ1v) is 8.15. The fourth-order valence-electron chi connectivity index (χ4n) is 2.67. The van der Waals surface area contributed by atoms with E-state index in [4.69, 9.17) is 0 Å². The van der Waals surface area contributed by atoms with E-state index in [2.05, 4.69) is 15.5 Å². The van der Waals surface area contributed by atoms with Gasteiger partial charge in [-0.05, 0) is 43.9 Å². The summed E-state index contributed by atoms with van der Waals surface area (Å²) in [6, 6.07) is 11.4. The van der Waals surface area contributed by atoms with Crippen LogP contribution in [0.4, 0.5) is 5.82 Å². The minimum atomic E-state index is -0.217. The fourth-order valence-corrected chi connectivity index (χ4v) is 2.67. The standard InChI is InChI=1S/C18H19N5O/c1-13-11-19-23(12-14-7-8-14)17(13)20-18(24)16-9-10-22(21-16)15-5-3-2-4-6-15/h2-6,9-11,14H,7-8,12H2,1H3,(H,20,24). The van der Waals surface area contributed by atoms with Crippen molar-refractivity contribution >= 4 is 11.7 Å². The molecule has 0 bridgehead atoms. The monoisotopic (exact) mass is 321 g/mol. The van der Waals surface area contributed by atoms with Gasteiger partial charge in [0.05, 0.1) is 11.9 Å². The highest BCUT2D eigenvalue weighted by Crippen LogP contribution is 2.32. The van der Waals surface area contributed by atoms with E-state index in [9.17, 15) is 4.79 Å². The zero-order valence-corrected chi connectivity index (χ0v) is 13.5. The number of anilines is 1. The summed E-state index contributed by atoms with van der Waals surface area (Å²) in [6.45, 7) is 2.82. The van der Waals surface area contributed by atoms with Gasteiger partial charge in [0.25, 0.3) is 5.91 Å². The van der Waals surface area contributed by atoms with Gasteiger partial charge in [-0.25, -0.2) is 9.36 Å². The van der Waals surface area contributed by atoms with E-state index >= 15 is 0 Å². The van der Waals surface area contributed by atoms with Crippen molar-refractivity contribution in [3.05, 3.63) is 60.0 Å². The Kier molecular flexibility index (Phi) is 3.65. The van der Waals surface area contributed by atoms with Gasteiger partial charge in [-0.3, -0.25) is 4.79 Å². The van der Waals surface area contributed by atoms with E-state index in [0.717, 1.165) is 23.6 Å². The molecule has 0 aliphatic heterocycles. The maximum Gasteiger partial charge on any atom is 0.277 e. The van der Waals surface area contributed by atoms with Gasteiger partial charge in [0.1, 0.15) is 5.82 Å². The van der Waals surface area contributed by atoms with Crippen molar-refractivity contribution < 1.29 is 4.79 Å². The SMILES string of the molecule is Cc1cnn(CC2CC2)c1NC(=O)c1ccn(-c2ccccc2)n1. The lowest BCUT2D eigenvalue weighted by atomic mass is 10.3. The Morgan fingerprint density at radius 1 is 1.25 bits per heavy atom. The van der Waals surface area contributed by atoms with E-state index in [1.807, 2.05) is 41.9 Å². The quantitative estimate of drug-likeness (QED) is 0.785. The first-order valence-electron chi connectivity index (χ1n) is 8.15. The molecule has 122 valence electrons. The first-order chi connectivity index (χ1) is 11.7. The second kappa shape index (κ2) is 5.96. The number of benzene rings is 1. The Balaban J connectivity index is 1.53. The smallest absolute Gasteiger partial charge is 0.277 e. The number of hydrogen-bond donors (Lipinski definition) is 1. The highest BCUT2D eigenvalue weighted by Gasteiger charge is 2.24. The summed E-state index contributed by atoms with van der Waals surface area (Å²) < 4.78 is 3.59. The van der Waals surface area contributed by atoms with Crippen LogP contribution in [0.15, 0.2) is 48.8 Å². The number of aryl methyl sites for hydroxylation is 1. The van der Waals surface area contributed by atoms with Crippen LogP contribution >= 0.6 is 0 Å². The molecule has 4 rings (SSSR count). The topological polar surface area (TPSA) is 64.7 Å². The summed E-state index contributed by atoms with van der Waals surface area (Å²) in [4.78, 5) is 12.5. The molecule has 6 heteroatoms. The van der Waals surface area contributed by atoms with Crippen molar-refractivity contribution in [3.8, 4) is 5.69 Å². The molecule has 1 aliphatic carbocycles. The highest BCUT2D eigenvalue weighted by molar-refractivity contribution is 6.02. The molecule has 1 aliphatic rings. The van der Waals surface area contributed by atoms with Crippen molar-refractivity contribution in [2.45, 2.75) is 26.3 Å². The Labute approximate surface area is 140 Å². The van der Waals surface area contributed by atoms with Crippen LogP contribution < -0.4 is 5.32 Å². The Hall–Kier alpha value is -2.89. The summed E-state index contributed by atoms with van der Waals surface area (Å²) >= 11 is 0. The summed E-state index contributed by atoms with van der Waals surface area (Å²) in [6.07, 6.45) is 6.07. The molecule has 0 radical (unpaired) electrons. The van der Waals surface area contributed by atoms with E-state index in [-0.39, 0.29) is 5.91 Å². The summed E-state index contributed by atoms with van der Waals surface area (Å²) in [7, 11) is 0. The predicted octanol–water partition coefficient (Wildman–Crippen LogP) is 3.04. The van der Waals surface area contributed by atoms with Gasteiger partial charge in [0, 0.05) is 18.3 Å². The molecule has 0 saturated heterocycles. The number of rotatable bonds is 5. The van der Waals surface area contributed by atoms with Crippen LogP contribution in [0.25, 0.3) is 5.69 Å². The molecule has 1 fully saturated rings. The molecule has 3 aromatic rings. The number of nitrogens with zero attached hydrogens (tertiary/aromatic N) is 4. The van der Waals surface area contributed by atoms with Crippen LogP contribution in [0.2, 0.25) is 0 Å². The average Bonchev–Trinajstić information content (AvgIpc) is 3.16. The van der Waals surface area contributed by atoms with Crippen molar-refractivity contribution in [2.24, 2.45) is 5.92 Å². The fraction of sp³-hybridized carbons (Fsp3) is 0.278. The minimum Gasteiger partial charge on any atom is -0.305 e. The number of carbonyl (C=O) groups excluding carboxylic acids is 1. The van der Waals surface area contributed by atoms with Gasteiger partial charge in [-0.15, -0.1) is 0 Å². The van der Waals surface area contributed by atoms with Gasteiger partial charge >= 0.3 is 0 Å². The van der Waals surface area contributed by atoms with Gasteiger partial charge < -0.3 is 5.32 Å². The third-order valence-electron chi connectivity index (χ3n) is 4.22. The summed E-state index contributed by atoms with van der Waals surface area (Å²) in [5.41, 5.74) is 2.27. The van der Waals surface area contributed by atoms with E-state index in [1.165, 1.54) is 12.8 Å². The predicted molar refractivity (Wildman–Crippen MR) is 91.2 cm³/mol. The lowest BCUT2D eigenvalue weighted by Gasteiger charge is -2.08. The summed E-state index contributed by atoms with van der Waals surface area (Å²) in [5.74, 6) is 1.24. The normalized spacial score (nSPS) is 13.9. The van der Waals surface area contributed by atoms with Gasteiger partial charge in [0.2, 0.25) is 0 Å². The van der Waals surface area contributed by atoms with Crippen LogP contribution in [0.5, 0.6) is 0 Å². The van der Waals surface area contributed by atoms with Gasteiger partial charge in [-0.2, -0.15) is 10.2 Å². The molecule has 0 unspecified atom stereocenters. The number of nitrogens with one attached hydrogen (secondary N) is 1. The summed E-state index contributed by atoms with van der Waals surface area (Å²) in [5, 5.41) is 11.7. The zero-order valence-electron chi connectivity index (χ0n) is 13.5. The molecular formula is C18H19N5O. The number of amides is 1. The minimum absolute atomic E-state index is 0.217. The maximum absolute atomic E-state index is 12.5. The third kappa shape index (κ3) is 2.95. The Morgan fingerprint density at radius 2 is 2.04 bits per heavy atom. The molecule has 2 aromatic heterocycles. The van der Waals surface area contributed by atoms with E-state index in [0.29, 0.717) is 11.6 Å². The molecule has 2 heterocycles. The van der Waals surface area contributed by atoms with Crippen molar-refractivity contribution in [3.63, 3.8) is 0 Å². The number of hydrogen-bond acceptors (Lipinski definition) is 3. The van der Waals surface area contributed by atoms with E-state index in [1.54, 1.807) is 23.1 Å². The molecular weight excluding hydrogens is 302 g/mol. The Bertz CT molecular complexity index is 861. The number of aromatic nitrogens is 4. The largest absolute Gasteiger partial charge is 0.305 e. The van der Waals surface area contributed by atoms with Crippen LogP contribution in [0, 0.1) is 12.8 Å². The lowest BCUT2D eigenvalue weighted by molar-refractivity contribution is 0.102. The second-order valence-corrected chi connectivity index (χ2v) is 6.24. The second-order valence-electron chi connectivity index (χ2n) is 6.24. The van der Waals surface area contributed by atoms with Crippen LogP contribution in [-0.2, 0) is 6.54 Å². The average molecular weight is 321 g/mol. The van der Waals surface area contributed by atoms with Crippen LogP contribution in [0.3, 0.4) is 0 Å². The van der Waals surface area contributed by atoms with E-state index < -0.39 is 0 Å². The molecule has 1 amide bonds. The number of para-hydroxylation sites is 1. The van der Waals surface area contributed by atoms with Crippen LogP contribution in [0.1, 0.15) is 28.9 Å². The molecule has 6 nitrogen and oxygen atoms in total.